The van der Waals surface area contributed by atoms with Crippen LogP contribution in [0.15, 0.2) is 23.3 Å². The Hall–Kier alpha value is -0.520. The standard InChI is InChI=1S/C9H16/c1-5-6-7-9(4)8(2)3/h5-6H,7H2,1-4H3. The maximum absolute atomic E-state index is 2.18. The van der Waals surface area contributed by atoms with Crippen LogP contribution in [0, 0.1) is 0 Å². The van der Waals surface area contributed by atoms with Crippen molar-refractivity contribution in [1.29, 1.82) is 0 Å². The molecule has 0 bridgehead atoms. The molecule has 0 nitrogen and oxygen atoms in total. The van der Waals surface area contributed by atoms with E-state index in [9.17, 15) is 0 Å². The van der Waals surface area contributed by atoms with E-state index in [0.29, 0.717) is 0 Å². The Morgan fingerprint density at radius 3 is 2.11 bits per heavy atom. The molecule has 0 aromatic carbocycles. The number of allylic oxidation sites excluding steroid dienone is 4. The van der Waals surface area contributed by atoms with E-state index >= 15 is 0 Å². The molecule has 0 aromatic heterocycles. The highest BCUT2D eigenvalue weighted by Gasteiger charge is 1.85. The van der Waals surface area contributed by atoms with Crippen LogP contribution in [0.5, 0.6) is 0 Å². The molecule has 0 unspecified atom stereocenters. The first kappa shape index (κ1) is 8.48. The minimum absolute atomic E-state index is 1.11. The van der Waals surface area contributed by atoms with E-state index in [-0.39, 0.29) is 0 Å². The van der Waals surface area contributed by atoms with Gasteiger partial charge in [-0.25, -0.2) is 0 Å². The molecule has 0 aliphatic carbocycles. The van der Waals surface area contributed by atoms with Gasteiger partial charge in [-0.15, -0.1) is 0 Å². The molecule has 0 aromatic rings. The van der Waals surface area contributed by atoms with E-state index in [1.807, 2.05) is 0 Å². The fraction of sp³-hybridized carbons (Fsp3) is 0.556. The third kappa shape index (κ3) is 4.01. The number of hydrogen-bond acceptors (Lipinski definition) is 0. The summed E-state index contributed by atoms with van der Waals surface area (Å²) in [6.45, 7) is 8.53. The largest absolute Gasteiger partial charge is 0.0913 e. The molecule has 0 rings (SSSR count). The van der Waals surface area contributed by atoms with Gasteiger partial charge in [0.1, 0.15) is 0 Å². The summed E-state index contributed by atoms with van der Waals surface area (Å²) < 4.78 is 0. The van der Waals surface area contributed by atoms with Crippen LogP contribution in [0.4, 0.5) is 0 Å². The van der Waals surface area contributed by atoms with Crippen molar-refractivity contribution in [3.8, 4) is 0 Å². The van der Waals surface area contributed by atoms with Gasteiger partial charge >= 0.3 is 0 Å². The van der Waals surface area contributed by atoms with Crippen LogP contribution in [0.1, 0.15) is 34.1 Å². The van der Waals surface area contributed by atoms with Crippen molar-refractivity contribution < 1.29 is 0 Å². The fourth-order valence-electron chi connectivity index (χ4n) is 0.499. The van der Waals surface area contributed by atoms with Crippen LogP contribution in [0.3, 0.4) is 0 Å². The molecule has 0 N–H and O–H groups in total. The maximum atomic E-state index is 2.18. The van der Waals surface area contributed by atoms with E-state index in [4.69, 9.17) is 0 Å². The van der Waals surface area contributed by atoms with E-state index in [0.717, 1.165) is 6.42 Å². The first-order chi connectivity index (χ1) is 4.18. The average molecular weight is 124 g/mol. The average Bonchev–Trinajstić information content (AvgIpc) is 1.82. The highest BCUT2D eigenvalue weighted by molar-refractivity contribution is 5.10. The molecule has 0 fully saturated rings. The van der Waals surface area contributed by atoms with Gasteiger partial charge in [0.25, 0.3) is 0 Å². The molecule has 52 valence electrons. The summed E-state index contributed by atoms with van der Waals surface area (Å²) >= 11 is 0. The lowest BCUT2D eigenvalue weighted by molar-refractivity contribution is 1.13. The highest BCUT2D eigenvalue weighted by Crippen LogP contribution is 2.06. The summed E-state index contributed by atoms with van der Waals surface area (Å²) in [5.41, 5.74) is 2.92. The highest BCUT2D eigenvalue weighted by atomic mass is 13.9. The lowest BCUT2D eigenvalue weighted by Crippen LogP contribution is -1.75. The molecule has 0 saturated carbocycles. The topological polar surface area (TPSA) is 0 Å². The smallest absolute Gasteiger partial charge is 0.0139 e. The Kier molecular flexibility index (Phi) is 4.12. The van der Waals surface area contributed by atoms with Crippen molar-refractivity contribution in [2.24, 2.45) is 0 Å². The van der Waals surface area contributed by atoms with Crippen LogP contribution in [0.2, 0.25) is 0 Å². The first-order valence-electron chi connectivity index (χ1n) is 3.42. The van der Waals surface area contributed by atoms with Crippen molar-refractivity contribution >= 4 is 0 Å². The van der Waals surface area contributed by atoms with Gasteiger partial charge in [0.2, 0.25) is 0 Å². The zero-order valence-electron chi connectivity index (χ0n) is 6.86. The molecule has 0 amide bonds. The summed E-state index contributed by atoms with van der Waals surface area (Å²) in [7, 11) is 0. The second kappa shape index (κ2) is 4.37. The Balaban J connectivity index is 3.77. The summed E-state index contributed by atoms with van der Waals surface area (Å²) in [4.78, 5) is 0. The van der Waals surface area contributed by atoms with Crippen LogP contribution in [-0.2, 0) is 0 Å². The van der Waals surface area contributed by atoms with Crippen molar-refractivity contribution in [3.63, 3.8) is 0 Å². The molecule has 0 atom stereocenters. The molecule has 9 heavy (non-hydrogen) atoms. The molecule has 0 aliphatic heterocycles. The quantitative estimate of drug-likeness (QED) is 0.495. The van der Waals surface area contributed by atoms with Crippen molar-refractivity contribution in [1.82, 2.24) is 0 Å². The summed E-state index contributed by atoms with van der Waals surface area (Å²) in [6, 6.07) is 0. The zero-order chi connectivity index (χ0) is 7.28. The Morgan fingerprint density at radius 1 is 1.22 bits per heavy atom. The van der Waals surface area contributed by atoms with Crippen molar-refractivity contribution in [2.45, 2.75) is 34.1 Å². The zero-order valence-corrected chi connectivity index (χ0v) is 6.86. The van der Waals surface area contributed by atoms with Gasteiger partial charge in [0, 0.05) is 0 Å². The normalized spacial score (nSPS) is 10.2. The third-order valence-electron chi connectivity index (χ3n) is 1.51. The monoisotopic (exact) mass is 124 g/mol. The van der Waals surface area contributed by atoms with Gasteiger partial charge in [-0.2, -0.15) is 0 Å². The SMILES string of the molecule is CC=CCC(C)=C(C)C. The van der Waals surface area contributed by atoms with Crippen LogP contribution in [0.25, 0.3) is 0 Å². The van der Waals surface area contributed by atoms with Crippen LogP contribution < -0.4 is 0 Å². The lowest BCUT2D eigenvalue weighted by atomic mass is 10.1. The van der Waals surface area contributed by atoms with Crippen LogP contribution >= 0.6 is 0 Å². The van der Waals surface area contributed by atoms with Crippen molar-refractivity contribution in [3.05, 3.63) is 23.3 Å². The molecule has 0 spiro atoms. The Labute approximate surface area is 58.3 Å². The predicted molar refractivity (Wildman–Crippen MR) is 43.5 cm³/mol. The van der Waals surface area contributed by atoms with E-state index in [1.165, 1.54) is 11.1 Å². The van der Waals surface area contributed by atoms with Crippen LogP contribution in [-0.4, -0.2) is 0 Å². The second-order valence-electron chi connectivity index (χ2n) is 2.55. The van der Waals surface area contributed by atoms with Gasteiger partial charge in [0.05, 0.1) is 0 Å². The molecular weight excluding hydrogens is 108 g/mol. The maximum Gasteiger partial charge on any atom is -0.0139 e. The molecular formula is C9H16. The van der Waals surface area contributed by atoms with Gasteiger partial charge < -0.3 is 0 Å². The van der Waals surface area contributed by atoms with E-state index in [2.05, 4.69) is 39.8 Å². The van der Waals surface area contributed by atoms with Gasteiger partial charge in [-0.1, -0.05) is 23.3 Å². The number of hydrogen-bond donors (Lipinski definition) is 0. The predicted octanol–water partition coefficient (Wildman–Crippen LogP) is 3.31. The fourth-order valence-corrected chi connectivity index (χ4v) is 0.499. The Morgan fingerprint density at radius 2 is 1.78 bits per heavy atom. The van der Waals surface area contributed by atoms with E-state index in [1.54, 1.807) is 0 Å². The molecule has 0 radical (unpaired) electrons. The summed E-state index contributed by atoms with van der Waals surface area (Å²) in [5.74, 6) is 0. The molecule has 0 saturated heterocycles. The molecule has 0 heterocycles. The minimum Gasteiger partial charge on any atom is -0.0913 e. The first-order valence-corrected chi connectivity index (χ1v) is 3.42. The number of rotatable bonds is 2. The molecule has 0 aliphatic rings. The summed E-state index contributed by atoms with van der Waals surface area (Å²) in [5, 5.41) is 0. The molecule has 0 heteroatoms. The second-order valence-corrected chi connectivity index (χ2v) is 2.55. The lowest BCUT2D eigenvalue weighted by Gasteiger charge is -1.96. The van der Waals surface area contributed by atoms with Gasteiger partial charge in [-0.3, -0.25) is 0 Å². The van der Waals surface area contributed by atoms with E-state index < -0.39 is 0 Å². The van der Waals surface area contributed by atoms with Gasteiger partial charge in [0.15, 0.2) is 0 Å². The third-order valence-corrected chi connectivity index (χ3v) is 1.51. The Bertz CT molecular complexity index is 123. The van der Waals surface area contributed by atoms with Gasteiger partial charge in [-0.05, 0) is 34.1 Å². The summed E-state index contributed by atoms with van der Waals surface area (Å²) in [6.07, 6.45) is 5.38. The van der Waals surface area contributed by atoms with Crippen molar-refractivity contribution in [2.75, 3.05) is 0 Å². The minimum atomic E-state index is 1.11.